The zero-order chi connectivity index (χ0) is 16.0. The molecule has 0 aromatic carbocycles. The van der Waals surface area contributed by atoms with E-state index < -0.39 is 49.3 Å². The molecule has 0 aliphatic heterocycles. The van der Waals surface area contributed by atoms with Crippen molar-refractivity contribution in [3.63, 3.8) is 0 Å². The molecule has 0 fully saturated rings. The van der Waals surface area contributed by atoms with Crippen LogP contribution in [0.2, 0.25) is 0 Å². The average Bonchev–Trinajstić information content (AvgIpc) is 2.31. The van der Waals surface area contributed by atoms with E-state index in [1.165, 1.54) is 0 Å². The maximum atomic E-state index is 12.8. The number of carbonyl (C=O) groups excluding carboxylic acids is 2. The molecule has 0 amide bonds. The second-order valence-electron chi connectivity index (χ2n) is 4.93. The molecule has 0 aromatic rings. The maximum Gasteiger partial charge on any atom is 0.344 e. The zero-order valence-electron chi connectivity index (χ0n) is 11.6. The highest BCUT2D eigenvalue weighted by Gasteiger charge is 2.35. The van der Waals surface area contributed by atoms with E-state index in [1.807, 2.05) is 0 Å². The monoisotopic (exact) mass is 302 g/mol. The molecule has 0 aromatic heterocycles. The molecule has 0 unspecified atom stereocenters. The summed E-state index contributed by atoms with van der Waals surface area (Å²) in [6.07, 6.45) is -4.43. The second-order valence-corrected chi connectivity index (χ2v) is 4.93. The van der Waals surface area contributed by atoms with Crippen molar-refractivity contribution < 1.29 is 36.6 Å². The molecule has 0 bridgehead atoms. The molecule has 4 nitrogen and oxygen atoms in total. The largest absolute Gasteiger partial charge is 0.457 e. The number of hydrogen-bond donors (Lipinski definition) is 0. The van der Waals surface area contributed by atoms with E-state index in [0.29, 0.717) is 6.42 Å². The summed E-state index contributed by atoms with van der Waals surface area (Å²) >= 11 is 0. The van der Waals surface area contributed by atoms with Gasteiger partial charge in [-0.15, -0.1) is 0 Å². The highest BCUT2D eigenvalue weighted by molar-refractivity contribution is 5.79. The van der Waals surface area contributed by atoms with Crippen LogP contribution in [0.1, 0.15) is 33.6 Å². The van der Waals surface area contributed by atoms with E-state index in [9.17, 15) is 27.2 Å². The third-order valence-electron chi connectivity index (χ3n) is 2.65. The van der Waals surface area contributed by atoms with Crippen LogP contribution in [0.25, 0.3) is 0 Å². The Morgan fingerprint density at radius 2 is 1.70 bits per heavy atom. The van der Waals surface area contributed by atoms with Crippen molar-refractivity contribution >= 4 is 11.9 Å². The third-order valence-corrected chi connectivity index (χ3v) is 2.65. The molecule has 0 atom stereocenters. The van der Waals surface area contributed by atoms with E-state index in [1.54, 1.807) is 20.8 Å². The molecule has 0 heterocycles. The van der Waals surface area contributed by atoms with Crippen molar-refractivity contribution in [1.29, 1.82) is 0 Å². The number of esters is 2. The third kappa shape index (κ3) is 7.30. The molecule has 20 heavy (non-hydrogen) atoms. The number of ether oxygens (including phenoxy) is 2. The van der Waals surface area contributed by atoms with Crippen molar-refractivity contribution in [3.05, 3.63) is 0 Å². The molecule has 8 heteroatoms. The molecular formula is C12H18F4O4. The van der Waals surface area contributed by atoms with E-state index in [4.69, 9.17) is 0 Å². The topological polar surface area (TPSA) is 52.6 Å². The predicted octanol–water partition coefficient (Wildman–Crippen LogP) is 2.80. The summed E-state index contributed by atoms with van der Waals surface area (Å²) in [5.74, 6) is -5.69. The van der Waals surface area contributed by atoms with Crippen LogP contribution in [-0.2, 0) is 19.1 Å². The summed E-state index contributed by atoms with van der Waals surface area (Å²) in [6, 6.07) is 0. The number of hydrogen-bond acceptors (Lipinski definition) is 4. The maximum absolute atomic E-state index is 12.8. The quantitative estimate of drug-likeness (QED) is 0.511. The lowest BCUT2D eigenvalue weighted by Crippen LogP contribution is -2.31. The van der Waals surface area contributed by atoms with Crippen LogP contribution >= 0.6 is 0 Å². The lowest BCUT2D eigenvalue weighted by molar-refractivity contribution is -0.172. The molecule has 0 aliphatic carbocycles. The van der Waals surface area contributed by atoms with Crippen LogP contribution in [0, 0.1) is 5.41 Å². The van der Waals surface area contributed by atoms with Crippen molar-refractivity contribution in [2.24, 2.45) is 5.41 Å². The fourth-order valence-corrected chi connectivity index (χ4v) is 0.977. The summed E-state index contributed by atoms with van der Waals surface area (Å²) < 4.78 is 57.9. The van der Waals surface area contributed by atoms with E-state index >= 15 is 0 Å². The average molecular weight is 302 g/mol. The number of halogens is 4. The Balaban J connectivity index is 4.11. The Labute approximate surface area is 114 Å². The minimum atomic E-state index is -3.81. The molecule has 0 aliphatic rings. The van der Waals surface area contributed by atoms with Crippen molar-refractivity contribution in [2.75, 3.05) is 13.2 Å². The van der Waals surface area contributed by atoms with Crippen molar-refractivity contribution in [3.8, 4) is 0 Å². The summed E-state index contributed by atoms with van der Waals surface area (Å²) in [5, 5.41) is 0. The first-order valence-electron chi connectivity index (χ1n) is 5.99. The fourth-order valence-electron chi connectivity index (χ4n) is 0.977. The van der Waals surface area contributed by atoms with Crippen molar-refractivity contribution in [2.45, 2.75) is 46.0 Å². The van der Waals surface area contributed by atoms with E-state index in [-0.39, 0.29) is 0 Å². The molecule has 118 valence electrons. The van der Waals surface area contributed by atoms with Crippen LogP contribution in [0.4, 0.5) is 17.6 Å². The van der Waals surface area contributed by atoms with Gasteiger partial charge in [0.05, 0.1) is 11.8 Å². The van der Waals surface area contributed by atoms with Crippen LogP contribution < -0.4 is 0 Å². The first kappa shape index (κ1) is 18.7. The Bertz CT molecular complexity index is 342. The van der Waals surface area contributed by atoms with Gasteiger partial charge in [0, 0.05) is 0 Å². The van der Waals surface area contributed by atoms with Gasteiger partial charge in [-0.05, 0) is 20.3 Å². The zero-order valence-corrected chi connectivity index (χ0v) is 11.6. The van der Waals surface area contributed by atoms with E-state index in [0.717, 1.165) is 0 Å². The van der Waals surface area contributed by atoms with Gasteiger partial charge in [-0.2, -0.15) is 0 Å². The molecule has 0 saturated heterocycles. The normalized spacial score (nSPS) is 12.4. The SMILES string of the molecule is CCC(C)(C)C(=O)OCC(=O)OCC(F)(F)CC(F)F. The van der Waals surface area contributed by atoms with Crippen LogP contribution in [0.5, 0.6) is 0 Å². The molecule has 0 saturated carbocycles. The first-order chi connectivity index (χ1) is 9.00. The van der Waals surface area contributed by atoms with E-state index in [2.05, 4.69) is 9.47 Å². The Morgan fingerprint density at radius 1 is 1.15 bits per heavy atom. The molecule has 0 spiro atoms. The van der Waals surface area contributed by atoms with Crippen molar-refractivity contribution in [1.82, 2.24) is 0 Å². The highest BCUT2D eigenvalue weighted by Crippen LogP contribution is 2.23. The lowest BCUT2D eigenvalue weighted by atomic mass is 9.91. The summed E-state index contributed by atoms with van der Waals surface area (Å²) in [7, 11) is 0. The highest BCUT2D eigenvalue weighted by atomic mass is 19.3. The Kier molecular flexibility index (Phi) is 6.95. The molecule has 0 rings (SSSR count). The molecule has 0 radical (unpaired) electrons. The number of rotatable bonds is 8. The van der Waals surface area contributed by atoms with Gasteiger partial charge >= 0.3 is 11.9 Å². The minimum Gasteiger partial charge on any atom is -0.457 e. The fraction of sp³-hybridized carbons (Fsp3) is 0.833. The Hall–Kier alpha value is -1.34. The van der Waals surface area contributed by atoms with Gasteiger partial charge in [0.2, 0.25) is 6.43 Å². The van der Waals surface area contributed by atoms with Crippen LogP contribution in [-0.4, -0.2) is 37.5 Å². The standard InChI is InChI=1S/C12H18F4O4/c1-4-11(2,3)10(18)19-6-9(17)20-7-12(15,16)5-8(13)14/h8H,4-7H2,1-3H3. The van der Waals surface area contributed by atoms with Gasteiger partial charge in [-0.1, -0.05) is 6.92 Å². The number of alkyl halides is 4. The predicted molar refractivity (Wildman–Crippen MR) is 61.6 cm³/mol. The van der Waals surface area contributed by atoms with Gasteiger partial charge in [-0.25, -0.2) is 22.4 Å². The van der Waals surface area contributed by atoms with Gasteiger partial charge in [-0.3, -0.25) is 4.79 Å². The lowest BCUT2D eigenvalue weighted by Gasteiger charge is -2.20. The Morgan fingerprint density at radius 3 is 2.15 bits per heavy atom. The number of carbonyl (C=O) groups is 2. The summed E-state index contributed by atoms with van der Waals surface area (Å²) in [4.78, 5) is 22.5. The van der Waals surface area contributed by atoms with Gasteiger partial charge in [0.15, 0.2) is 13.2 Å². The van der Waals surface area contributed by atoms with Gasteiger partial charge in [0.1, 0.15) is 0 Å². The molecular weight excluding hydrogens is 284 g/mol. The van der Waals surface area contributed by atoms with Crippen LogP contribution in [0.3, 0.4) is 0 Å². The smallest absolute Gasteiger partial charge is 0.344 e. The summed E-state index contributed by atoms with van der Waals surface area (Å²) in [5.41, 5.74) is -0.806. The first-order valence-corrected chi connectivity index (χ1v) is 5.99. The van der Waals surface area contributed by atoms with Gasteiger partial charge in [0.25, 0.3) is 5.92 Å². The summed E-state index contributed by atoms with van der Waals surface area (Å²) in [6.45, 7) is 2.64. The second kappa shape index (κ2) is 7.44. The van der Waals surface area contributed by atoms with Crippen LogP contribution in [0.15, 0.2) is 0 Å². The minimum absolute atomic E-state index is 0.466. The molecule has 0 N–H and O–H groups in total. The van der Waals surface area contributed by atoms with Gasteiger partial charge < -0.3 is 9.47 Å².